The van der Waals surface area contributed by atoms with Gasteiger partial charge in [0.25, 0.3) is 0 Å². The van der Waals surface area contributed by atoms with Gasteiger partial charge in [0.1, 0.15) is 5.82 Å². The fourth-order valence-electron chi connectivity index (χ4n) is 3.88. The molecule has 0 radical (unpaired) electrons. The van der Waals surface area contributed by atoms with E-state index >= 15 is 0 Å². The van der Waals surface area contributed by atoms with Crippen molar-refractivity contribution < 1.29 is 4.79 Å². The number of carbonyl (C=O) groups excluding carboxylic acids is 1. The van der Waals surface area contributed by atoms with Crippen molar-refractivity contribution in [3.8, 4) is 0 Å². The zero-order valence-electron chi connectivity index (χ0n) is 17.6. The first kappa shape index (κ1) is 20.2. The van der Waals surface area contributed by atoms with Gasteiger partial charge in [-0.2, -0.15) is 0 Å². The molecule has 2 N–H and O–H groups in total. The Kier molecular flexibility index (Phi) is 6.47. The number of nitrogens with one attached hydrogen (secondary N) is 2. The van der Waals surface area contributed by atoms with Gasteiger partial charge in [-0.05, 0) is 42.7 Å². The topological polar surface area (TPSA) is 72.9 Å². The van der Waals surface area contributed by atoms with Crippen molar-refractivity contribution in [2.24, 2.45) is 10.9 Å². The van der Waals surface area contributed by atoms with Gasteiger partial charge in [-0.1, -0.05) is 24.6 Å². The zero-order chi connectivity index (χ0) is 20.8. The van der Waals surface area contributed by atoms with Gasteiger partial charge in [0.05, 0.1) is 0 Å². The van der Waals surface area contributed by atoms with Crippen LogP contribution >= 0.6 is 0 Å². The van der Waals surface area contributed by atoms with E-state index in [9.17, 15) is 4.79 Å². The van der Waals surface area contributed by atoms with Crippen molar-refractivity contribution in [1.29, 1.82) is 0 Å². The van der Waals surface area contributed by atoms with Crippen LogP contribution in [0.5, 0.6) is 0 Å². The third kappa shape index (κ3) is 4.90. The summed E-state index contributed by atoms with van der Waals surface area (Å²) in [5.41, 5.74) is 1.99. The Morgan fingerprint density at radius 3 is 2.63 bits per heavy atom. The number of amides is 1. The molecule has 4 rings (SSSR count). The van der Waals surface area contributed by atoms with Crippen molar-refractivity contribution >= 4 is 23.4 Å². The van der Waals surface area contributed by atoms with Gasteiger partial charge in [-0.25, -0.2) is 4.98 Å². The summed E-state index contributed by atoms with van der Waals surface area (Å²) in [7, 11) is 1.82. The van der Waals surface area contributed by atoms with E-state index in [-0.39, 0.29) is 11.8 Å². The van der Waals surface area contributed by atoms with Gasteiger partial charge in [0.2, 0.25) is 5.91 Å². The maximum atomic E-state index is 12.2. The summed E-state index contributed by atoms with van der Waals surface area (Å²) < 4.78 is 0. The summed E-state index contributed by atoms with van der Waals surface area (Å²) in [6, 6.07) is 14.1. The largest absolute Gasteiger partial charge is 0.353 e. The molecule has 1 aromatic carbocycles. The van der Waals surface area contributed by atoms with Gasteiger partial charge in [-0.15, -0.1) is 0 Å². The number of aliphatic imine (C=N–C) groups is 1. The third-order valence-electron chi connectivity index (χ3n) is 5.89. The smallest absolute Gasteiger partial charge is 0.227 e. The van der Waals surface area contributed by atoms with Crippen molar-refractivity contribution in [2.75, 3.05) is 43.4 Å². The Labute approximate surface area is 178 Å². The Hall–Kier alpha value is -3.09. The van der Waals surface area contributed by atoms with E-state index in [4.69, 9.17) is 0 Å². The molecule has 158 valence electrons. The predicted octanol–water partition coefficient (Wildman–Crippen LogP) is 2.72. The second-order valence-electron chi connectivity index (χ2n) is 7.88. The number of benzene rings is 1. The average molecular weight is 407 g/mol. The Balaban J connectivity index is 1.28. The number of piperazine rings is 1. The molecule has 30 heavy (non-hydrogen) atoms. The highest BCUT2D eigenvalue weighted by atomic mass is 16.1. The molecular weight excluding hydrogens is 376 g/mol. The van der Waals surface area contributed by atoms with Gasteiger partial charge in [0, 0.05) is 57.6 Å². The van der Waals surface area contributed by atoms with E-state index in [1.165, 1.54) is 0 Å². The molecule has 0 unspecified atom stereocenters. The maximum Gasteiger partial charge on any atom is 0.227 e. The highest BCUT2D eigenvalue weighted by Gasteiger charge is 2.25. The van der Waals surface area contributed by atoms with E-state index in [1.54, 1.807) is 0 Å². The number of nitrogens with zero attached hydrogens (tertiary/aromatic N) is 4. The molecule has 2 fully saturated rings. The van der Waals surface area contributed by atoms with Crippen LogP contribution in [-0.2, 0) is 11.3 Å². The predicted molar refractivity (Wildman–Crippen MR) is 121 cm³/mol. The first-order valence-corrected chi connectivity index (χ1v) is 10.7. The third-order valence-corrected chi connectivity index (χ3v) is 5.89. The Morgan fingerprint density at radius 2 is 1.97 bits per heavy atom. The van der Waals surface area contributed by atoms with Gasteiger partial charge >= 0.3 is 0 Å². The normalized spacial score (nSPS) is 17.4. The number of anilines is 2. The van der Waals surface area contributed by atoms with Crippen LogP contribution in [0.15, 0.2) is 53.7 Å². The zero-order valence-corrected chi connectivity index (χ0v) is 17.6. The van der Waals surface area contributed by atoms with Crippen molar-refractivity contribution in [3.63, 3.8) is 0 Å². The molecule has 1 aliphatic carbocycles. The molecule has 1 aliphatic heterocycles. The van der Waals surface area contributed by atoms with E-state index in [0.29, 0.717) is 6.54 Å². The van der Waals surface area contributed by atoms with Crippen molar-refractivity contribution in [3.05, 3.63) is 54.2 Å². The Morgan fingerprint density at radius 1 is 1.13 bits per heavy atom. The number of aromatic nitrogens is 1. The summed E-state index contributed by atoms with van der Waals surface area (Å²) in [5.74, 6) is 2.27. The van der Waals surface area contributed by atoms with Gasteiger partial charge in [-0.3, -0.25) is 9.79 Å². The number of hydrogen-bond donors (Lipinski definition) is 2. The standard InChI is InChI=1S/C23H30N6O/c1-24-23(29-14-12-28(13-15-29)21-10-2-3-11-25-21)26-17-18-6-4-9-20(16-18)27-22(30)19-7-5-8-19/h2-4,6,9-11,16,19H,5,7-8,12-15,17H2,1H3,(H,24,26)(H,27,30). The van der Waals surface area contributed by atoms with Crippen LogP contribution < -0.4 is 15.5 Å². The lowest BCUT2D eigenvalue weighted by atomic mass is 9.85. The van der Waals surface area contributed by atoms with Crippen LogP contribution in [0.4, 0.5) is 11.5 Å². The van der Waals surface area contributed by atoms with E-state index in [2.05, 4.69) is 42.5 Å². The first-order valence-electron chi connectivity index (χ1n) is 10.7. The molecule has 0 bridgehead atoms. The quantitative estimate of drug-likeness (QED) is 0.590. The molecule has 2 aromatic rings. The summed E-state index contributed by atoms with van der Waals surface area (Å²) in [4.78, 5) is 25.7. The lowest BCUT2D eigenvalue weighted by molar-refractivity contribution is -0.122. The fraction of sp³-hybridized carbons (Fsp3) is 0.435. The van der Waals surface area contributed by atoms with Crippen molar-refractivity contribution in [1.82, 2.24) is 15.2 Å². The lowest BCUT2D eigenvalue weighted by Crippen LogP contribution is -2.52. The summed E-state index contributed by atoms with van der Waals surface area (Å²) in [5, 5.41) is 6.52. The molecular formula is C23H30N6O. The summed E-state index contributed by atoms with van der Waals surface area (Å²) in [6.07, 6.45) is 5.02. The second kappa shape index (κ2) is 9.61. The molecule has 7 nitrogen and oxygen atoms in total. The lowest BCUT2D eigenvalue weighted by Gasteiger charge is -2.37. The molecule has 1 amide bonds. The van der Waals surface area contributed by atoms with E-state index < -0.39 is 0 Å². The highest BCUT2D eigenvalue weighted by molar-refractivity contribution is 5.93. The molecule has 0 spiro atoms. The molecule has 2 heterocycles. The van der Waals surface area contributed by atoms with E-state index in [0.717, 1.165) is 68.5 Å². The fourth-order valence-corrected chi connectivity index (χ4v) is 3.88. The highest BCUT2D eigenvalue weighted by Crippen LogP contribution is 2.27. The van der Waals surface area contributed by atoms with Crippen LogP contribution in [0.2, 0.25) is 0 Å². The number of carbonyl (C=O) groups is 1. The monoisotopic (exact) mass is 406 g/mol. The average Bonchev–Trinajstić information content (AvgIpc) is 2.74. The van der Waals surface area contributed by atoms with Crippen LogP contribution in [0.25, 0.3) is 0 Å². The van der Waals surface area contributed by atoms with E-state index in [1.807, 2.05) is 43.6 Å². The minimum Gasteiger partial charge on any atom is -0.353 e. The molecule has 0 atom stereocenters. The molecule has 2 aliphatic rings. The molecule has 1 aromatic heterocycles. The SMILES string of the molecule is CN=C(NCc1cccc(NC(=O)C2CCC2)c1)N1CCN(c2ccccn2)CC1. The number of guanidine groups is 1. The van der Waals surface area contributed by atoms with Crippen LogP contribution in [-0.4, -0.2) is 55.0 Å². The number of pyridine rings is 1. The molecule has 7 heteroatoms. The van der Waals surface area contributed by atoms with Crippen LogP contribution in [0, 0.1) is 5.92 Å². The number of rotatable bonds is 5. The Bertz CT molecular complexity index is 872. The summed E-state index contributed by atoms with van der Waals surface area (Å²) >= 11 is 0. The second-order valence-corrected chi connectivity index (χ2v) is 7.88. The number of hydrogen-bond acceptors (Lipinski definition) is 4. The van der Waals surface area contributed by atoms with Gasteiger partial charge in [0.15, 0.2) is 5.96 Å². The van der Waals surface area contributed by atoms with Crippen molar-refractivity contribution in [2.45, 2.75) is 25.8 Å². The first-order chi connectivity index (χ1) is 14.7. The molecule has 1 saturated carbocycles. The van der Waals surface area contributed by atoms with Crippen LogP contribution in [0.3, 0.4) is 0 Å². The van der Waals surface area contributed by atoms with Crippen LogP contribution in [0.1, 0.15) is 24.8 Å². The minimum absolute atomic E-state index is 0.146. The minimum atomic E-state index is 0.146. The molecule has 1 saturated heterocycles. The maximum absolute atomic E-state index is 12.2. The summed E-state index contributed by atoms with van der Waals surface area (Å²) in [6.45, 7) is 4.29. The van der Waals surface area contributed by atoms with Gasteiger partial charge < -0.3 is 20.4 Å².